The first-order chi connectivity index (χ1) is 11.9. The van der Waals surface area contributed by atoms with Crippen LogP contribution in [0.2, 0.25) is 5.02 Å². The summed E-state index contributed by atoms with van der Waals surface area (Å²) in [5.74, 6) is 0.196. The number of aromatic hydroxyl groups is 1. The summed E-state index contributed by atoms with van der Waals surface area (Å²) in [5.41, 5.74) is 2.43. The molecule has 0 fully saturated rings. The molecule has 0 aromatic heterocycles. The number of carbonyl (C=O) groups excluding carboxylic acids is 1. The Kier molecular flexibility index (Phi) is 5.01. The van der Waals surface area contributed by atoms with E-state index in [4.69, 9.17) is 16.3 Å². The van der Waals surface area contributed by atoms with Gasteiger partial charge in [0.15, 0.2) is 11.5 Å². The number of amides is 1. The normalized spacial score (nSPS) is 15.7. The number of hydrogen-bond acceptors (Lipinski definition) is 4. The topological polar surface area (TPSA) is 62.1 Å². The molecule has 0 radical (unpaired) electrons. The highest BCUT2D eigenvalue weighted by Crippen LogP contribution is 2.34. The van der Waals surface area contributed by atoms with Crippen LogP contribution in [0.25, 0.3) is 6.08 Å². The molecular formula is C18H14ClIN2O3. The van der Waals surface area contributed by atoms with Crippen LogP contribution < -0.4 is 9.75 Å². The van der Waals surface area contributed by atoms with Crippen molar-refractivity contribution in [3.05, 3.63) is 56.1 Å². The van der Waals surface area contributed by atoms with Crippen molar-refractivity contribution in [3.8, 4) is 11.5 Å². The quantitative estimate of drug-likeness (QED) is 0.534. The van der Waals surface area contributed by atoms with Crippen LogP contribution in [0.15, 0.2) is 47.1 Å². The molecular weight excluding hydrogens is 455 g/mol. The van der Waals surface area contributed by atoms with Gasteiger partial charge in [-0.05, 0) is 71.5 Å². The van der Waals surface area contributed by atoms with E-state index in [9.17, 15) is 9.90 Å². The van der Waals surface area contributed by atoms with Gasteiger partial charge in [0.2, 0.25) is 0 Å². The van der Waals surface area contributed by atoms with E-state index in [1.807, 2.05) is 22.6 Å². The van der Waals surface area contributed by atoms with Gasteiger partial charge in [-0.15, -0.1) is 0 Å². The van der Waals surface area contributed by atoms with Gasteiger partial charge in [-0.25, -0.2) is 0 Å². The van der Waals surface area contributed by atoms with Crippen molar-refractivity contribution in [2.75, 3.05) is 12.1 Å². The maximum Gasteiger partial charge on any atom is 0.280 e. The van der Waals surface area contributed by atoms with Crippen molar-refractivity contribution in [1.82, 2.24) is 0 Å². The van der Waals surface area contributed by atoms with Gasteiger partial charge in [0.05, 0.1) is 27.7 Å². The molecule has 1 N–H and O–H groups in total. The van der Waals surface area contributed by atoms with E-state index in [-0.39, 0.29) is 11.7 Å². The molecule has 1 heterocycles. The van der Waals surface area contributed by atoms with Crippen LogP contribution in [0, 0.1) is 3.57 Å². The zero-order valence-corrected chi connectivity index (χ0v) is 16.4. The van der Waals surface area contributed by atoms with Crippen molar-refractivity contribution in [2.45, 2.75) is 6.92 Å². The summed E-state index contributed by atoms with van der Waals surface area (Å²) in [6.07, 6.45) is 1.73. The Labute approximate surface area is 163 Å². The van der Waals surface area contributed by atoms with Crippen molar-refractivity contribution < 1.29 is 14.6 Å². The van der Waals surface area contributed by atoms with Crippen LogP contribution in [-0.2, 0) is 4.79 Å². The minimum atomic E-state index is -0.234. The Morgan fingerprint density at radius 2 is 2.08 bits per heavy atom. The van der Waals surface area contributed by atoms with Gasteiger partial charge in [0.25, 0.3) is 5.91 Å². The molecule has 1 aliphatic rings. The number of hydrogen-bond donors (Lipinski definition) is 1. The maximum atomic E-state index is 12.8. The third kappa shape index (κ3) is 3.50. The largest absolute Gasteiger partial charge is 0.504 e. The summed E-state index contributed by atoms with van der Waals surface area (Å²) in [7, 11) is 1.48. The Balaban J connectivity index is 1.99. The Bertz CT molecular complexity index is 925. The number of carbonyl (C=O) groups is 1. The minimum Gasteiger partial charge on any atom is -0.504 e. The Morgan fingerprint density at radius 3 is 2.76 bits per heavy atom. The van der Waals surface area contributed by atoms with E-state index in [1.165, 1.54) is 12.1 Å². The molecule has 2 aromatic carbocycles. The van der Waals surface area contributed by atoms with E-state index in [2.05, 4.69) is 5.10 Å². The van der Waals surface area contributed by atoms with Crippen LogP contribution in [-0.4, -0.2) is 23.8 Å². The monoisotopic (exact) mass is 468 g/mol. The molecule has 1 amide bonds. The number of nitrogens with zero attached hydrogens (tertiary/aromatic N) is 2. The van der Waals surface area contributed by atoms with Crippen LogP contribution in [0.4, 0.5) is 5.69 Å². The third-order valence-corrected chi connectivity index (χ3v) is 4.75. The lowest BCUT2D eigenvalue weighted by atomic mass is 10.1. The van der Waals surface area contributed by atoms with Gasteiger partial charge in [-0.2, -0.15) is 10.1 Å². The second-order valence-corrected chi connectivity index (χ2v) is 6.99. The summed E-state index contributed by atoms with van der Waals surface area (Å²) in [4.78, 5) is 12.8. The zero-order valence-electron chi connectivity index (χ0n) is 13.5. The summed E-state index contributed by atoms with van der Waals surface area (Å²) < 4.78 is 5.80. The molecule has 1 aliphatic heterocycles. The Hall–Kier alpha value is -2.06. The minimum absolute atomic E-state index is 0.0777. The maximum absolute atomic E-state index is 12.8. The fraction of sp³-hybridized carbons (Fsp3) is 0.111. The fourth-order valence-corrected chi connectivity index (χ4v) is 3.28. The highest BCUT2D eigenvalue weighted by molar-refractivity contribution is 14.1. The number of halogens is 2. The number of anilines is 1. The van der Waals surface area contributed by atoms with E-state index < -0.39 is 0 Å². The van der Waals surface area contributed by atoms with Crippen molar-refractivity contribution >= 4 is 57.6 Å². The van der Waals surface area contributed by atoms with Gasteiger partial charge in [-0.1, -0.05) is 17.7 Å². The van der Waals surface area contributed by atoms with Gasteiger partial charge < -0.3 is 9.84 Å². The summed E-state index contributed by atoms with van der Waals surface area (Å²) >= 11 is 8.01. The van der Waals surface area contributed by atoms with Crippen LogP contribution >= 0.6 is 34.2 Å². The van der Waals surface area contributed by atoms with Gasteiger partial charge >= 0.3 is 0 Å². The smallest absolute Gasteiger partial charge is 0.280 e. The van der Waals surface area contributed by atoms with Crippen molar-refractivity contribution in [3.63, 3.8) is 0 Å². The predicted molar refractivity (Wildman–Crippen MR) is 107 cm³/mol. The van der Waals surface area contributed by atoms with Crippen LogP contribution in [0.1, 0.15) is 12.5 Å². The lowest BCUT2D eigenvalue weighted by Gasteiger charge is -2.12. The number of methoxy groups -OCH3 is 1. The van der Waals surface area contributed by atoms with E-state index >= 15 is 0 Å². The molecule has 0 atom stereocenters. The first-order valence-corrected chi connectivity index (χ1v) is 8.80. The number of phenolic OH excluding ortho intramolecular Hbond substituents is 1. The molecule has 7 heteroatoms. The van der Waals surface area contributed by atoms with Gasteiger partial charge in [0, 0.05) is 5.02 Å². The number of rotatable bonds is 3. The number of benzene rings is 2. The van der Waals surface area contributed by atoms with E-state index in [0.717, 1.165) is 5.56 Å². The van der Waals surface area contributed by atoms with E-state index in [0.29, 0.717) is 31.3 Å². The second-order valence-electron chi connectivity index (χ2n) is 5.39. The SMILES string of the molecule is COc1cc(/C=C2/C(=O)N(c3cccc(Cl)c3)N=C2C)cc(I)c1O. The molecule has 0 aliphatic carbocycles. The summed E-state index contributed by atoms with van der Waals surface area (Å²) in [5, 5.41) is 16.1. The lowest BCUT2D eigenvalue weighted by Crippen LogP contribution is -2.21. The second kappa shape index (κ2) is 7.05. The lowest BCUT2D eigenvalue weighted by molar-refractivity contribution is -0.114. The number of phenols is 1. The molecule has 0 bridgehead atoms. The first-order valence-electron chi connectivity index (χ1n) is 7.34. The van der Waals surface area contributed by atoms with Crippen LogP contribution in [0.3, 0.4) is 0 Å². The average molecular weight is 469 g/mol. The van der Waals surface area contributed by atoms with Crippen molar-refractivity contribution in [1.29, 1.82) is 0 Å². The highest BCUT2D eigenvalue weighted by Gasteiger charge is 2.29. The molecule has 2 aromatic rings. The molecule has 0 saturated carbocycles. The first kappa shape index (κ1) is 17.8. The molecule has 128 valence electrons. The molecule has 25 heavy (non-hydrogen) atoms. The standard InChI is InChI=1S/C18H14ClIN2O3/c1-10-14(6-11-7-15(20)17(23)16(8-11)25-2)18(24)22(21-10)13-5-3-4-12(19)9-13/h3-9,23H,1-2H3/b14-6+. The summed E-state index contributed by atoms with van der Waals surface area (Å²) in [6, 6.07) is 10.4. The van der Waals surface area contributed by atoms with Gasteiger partial charge in [-0.3, -0.25) is 4.79 Å². The number of hydrazone groups is 1. The molecule has 0 unspecified atom stereocenters. The van der Waals surface area contributed by atoms with Crippen LogP contribution in [0.5, 0.6) is 11.5 Å². The third-order valence-electron chi connectivity index (χ3n) is 3.70. The molecule has 0 saturated heterocycles. The average Bonchev–Trinajstić information content (AvgIpc) is 2.86. The number of ether oxygens (including phenoxy) is 1. The molecule has 5 nitrogen and oxygen atoms in total. The summed E-state index contributed by atoms with van der Waals surface area (Å²) in [6.45, 7) is 1.77. The van der Waals surface area contributed by atoms with E-state index in [1.54, 1.807) is 49.4 Å². The zero-order chi connectivity index (χ0) is 18.1. The Morgan fingerprint density at radius 1 is 1.32 bits per heavy atom. The highest BCUT2D eigenvalue weighted by atomic mass is 127. The predicted octanol–water partition coefficient (Wildman–Crippen LogP) is 4.46. The molecule has 0 spiro atoms. The van der Waals surface area contributed by atoms with Gasteiger partial charge in [0.1, 0.15) is 0 Å². The molecule has 3 rings (SSSR count). The van der Waals surface area contributed by atoms with Crippen molar-refractivity contribution in [2.24, 2.45) is 5.10 Å². The fourth-order valence-electron chi connectivity index (χ4n) is 2.47.